The van der Waals surface area contributed by atoms with Crippen molar-refractivity contribution in [3.05, 3.63) is 29.8 Å². The normalized spacial score (nSPS) is 28.2. The van der Waals surface area contributed by atoms with Crippen molar-refractivity contribution < 1.29 is 4.21 Å². The second-order valence-corrected chi connectivity index (χ2v) is 7.71. The van der Waals surface area contributed by atoms with E-state index in [0.29, 0.717) is 12.5 Å². The highest BCUT2D eigenvalue weighted by Gasteiger charge is 2.34. The van der Waals surface area contributed by atoms with E-state index in [2.05, 4.69) is 19.9 Å². The van der Waals surface area contributed by atoms with Crippen LogP contribution in [0.5, 0.6) is 0 Å². The first kappa shape index (κ1) is 15.7. The molecule has 1 aromatic carbocycles. The first-order valence-corrected chi connectivity index (χ1v) is 9.05. The summed E-state index contributed by atoms with van der Waals surface area (Å²) in [4.78, 5) is 1.01. The summed E-state index contributed by atoms with van der Waals surface area (Å²) in [7, 11) is -0.916. The van der Waals surface area contributed by atoms with Crippen LogP contribution in [0.3, 0.4) is 0 Å². The summed E-state index contributed by atoms with van der Waals surface area (Å²) in [5.74, 6) is 1.16. The van der Waals surface area contributed by atoms with Gasteiger partial charge >= 0.3 is 0 Å². The molecule has 0 bridgehead atoms. The maximum Gasteiger partial charge on any atom is 0.0566 e. The molecule has 0 heterocycles. The number of aryl methyl sites for hydroxylation is 1. The van der Waals surface area contributed by atoms with Gasteiger partial charge in [0, 0.05) is 10.1 Å². The van der Waals surface area contributed by atoms with Crippen LogP contribution < -0.4 is 5.73 Å². The highest BCUT2D eigenvalue weighted by Crippen LogP contribution is 2.36. The summed E-state index contributed by atoms with van der Waals surface area (Å²) >= 11 is 0. The molecule has 0 saturated heterocycles. The zero-order chi connectivity index (χ0) is 14.5. The van der Waals surface area contributed by atoms with E-state index < -0.39 is 10.8 Å². The molecule has 1 saturated carbocycles. The summed E-state index contributed by atoms with van der Waals surface area (Å²) in [6.45, 7) is 4.96. The predicted octanol–water partition coefficient (Wildman–Crippen LogP) is 3.65. The van der Waals surface area contributed by atoms with Crippen LogP contribution in [-0.4, -0.2) is 16.0 Å². The molecule has 20 heavy (non-hydrogen) atoms. The molecule has 0 aromatic heterocycles. The highest BCUT2D eigenvalue weighted by molar-refractivity contribution is 7.85. The van der Waals surface area contributed by atoms with Crippen LogP contribution in [-0.2, 0) is 10.8 Å². The van der Waals surface area contributed by atoms with Crippen LogP contribution in [0.2, 0.25) is 0 Å². The first-order chi connectivity index (χ1) is 9.67. The Balaban J connectivity index is 2.18. The van der Waals surface area contributed by atoms with Gasteiger partial charge in [0.1, 0.15) is 0 Å². The molecule has 2 N–H and O–H groups in total. The lowest BCUT2D eigenvalue weighted by Crippen LogP contribution is -2.37. The van der Waals surface area contributed by atoms with Gasteiger partial charge in [-0.1, -0.05) is 44.4 Å². The minimum absolute atomic E-state index is 0.242. The third-order valence-electron chi connectivity index (χ3n) is 4.62. The summed E-state index contributed by atoms with van der Waals surface area (Å²) in [5, 5.41) is 0.242. The van der Waals surface area contributed by atoms with Gasteiger partial charge in [-0.3, -0.25) is 4.21 Å². The molecule has 3 heteroatoms. The molecule has 1 aliphatic carbocycles. The van der Waals surface area contributed by atoms with E-state index in [-0.39, 0.29) is 5.25 Å². The van der Waals surface area contributed by atoms with Gasteiger partial charge in [-0.25, -0.2) is 0 Å². The molecule has 0 radical (unpaired) electrons. The van der Waals surface area contributed by atoms with Crippen molar-refractivity contribution in [2.75, 3.05) is 6.54 Å². The molecular formula is C17H27NOS. The average molecular weight is 293 g/mol. The van der Waals surface area contributed by atoms with Crippen LogP contribution in [0.15, 0.2) is 29.2 Å². The summed E-state index contributed by atoms with van der Waals surface area (Å²) < 4.78 is 13.0. The van der Waals surface area contributed by atoms with Crippen LogP contribution >= 0.6 is 0 Å². The molecule has 112 valence electrons. The van der Waals surface area contributed by atoms with Crippen LogP contribution in [0.25, 0.3) is 0 Å². The average Bonchev–Trinajstić information content (AvgIpc) is 2.47. The first-order valence-electron chi connectivity index (χ1n) is 7.83. The zero-order valence-corrected chi connectivity index (χ0v) is 13.5. The van der Waals surface area contributed by atoms with Gasteiger partial charge in [-0.05, 0) is 49.8 Å². The number of benzene rings is 1. The summed E-state index contributed by atoms with van der Waals surface area (Å²) in [6, 6.07) is 8.07. The SMILES string of the molecule is CCCC1CCC(CN)C(S(=O)c2ccccc2C)C1. The van der Waals surface area contributed by atoms with Gasteiger partial charge in [0.2, 0.25) is 0 Å². The van der Waals surface area contributed by atoms with Crippen molar-refractivity contribution in [3.63, 3.8) is 0 Å². The molecule has 2 nitrogen and oxygen atoms in total. The largest absolute Gasteiger partial charge is 0.330 e. The maximum absolute atomic E-state index is 13.0. The van der Waals surface area contributed by atoms with Crippen molar-refractivity contribution in [3.8, 4) is 0 Å². The lowest BCUT2D eigenvalue weighted by Gasteiger charge is -2.35. The van der Waals surface area contributed by atoms with Gasteiger partial charge in [-0.15, -0.1) is 0 Å². The Morgan fingerprint density at radius 3 is 2.70 bits per heavy atom. The van der Waals surface area contributed by atoms with Gasteiger partial charge in [-0.2, -0.15) is 0 Å². The Kier molecular flexibility index (Phi) is 5.79. The third kappa shape index (κ3) is 3.50. The van der Waals surface area contributed by atoms with Gasteiger partial charge in [0.05, 0.1) is 10.8 Å². The quantitative estimate of drug-likeness (QED) is 0.900. The molecule has 0 aliphatic heterocycles. The molecule has 0 amide bonds. The Morgan fingerprint density at radius 2 is 2.05 bits per heavy atom. The van der Waals surface area contributed by atoms with E-state index in [1.807, 2.05) is 18.2 Å². The molecular weight excluding hydrogens is 266 g/mol. The minimum atomic E-state index is -0.916. The van der Waals surface area contributed by atoms with E-state index in [1.165, 1.54) is 19.3 Å². The molecule has 4 unspecified atom stereocenters. The van der Waals surface area contributed by atoms with E-state index in [9.17, 15) is 4.21 Å². The number of rotatable bonds is 5. The monoisotopic (exact) mass is 293 g/mol. The molecule has 1 aromatic rings. The lowest BCUT2D eigenvalue weighted by atomic mass is 9.80. The molecule has 1 aliphatic rings. The topological polar surface area (TPSA) is 43.1 Å². The highest BCUT2D eigenvalue weighted by atomic mass is 32.2. The van der Waals surface area contributed by atoms with E-state index in [4.69, 9.17) is 5.73 Å². The summed E-state index contributed by atoms with van der Waals surface area (Å²) in [6.07, 6.45) is 5.97. The standard InChI is InChI=1S/C17H27NOS/c1-3-6-14-9-10-15(12-18)17(11-14)20(19)16-8-5-4-7-13(16)2/h4-5,7-8,14-15,17H,3,6,9-12,18H2,1-2H3. The van der Waals surface area contributed by atoms with Crippen molar-refractivity contribution >= 4 is 10.8 Å². The molecule has 0 spiro atoms. The third-order valence-corrected chi connectivity index (χ3v) is 6.64. The second-order valence-electron chi connectivity index (χ2n) is 6.06. The zero-order valence-electron chi connectivity index (χ0n) is 12.7. The fourth-order valence-electron chi connectivity index (χ4n) is 3.42. The number of hydrogen-bond donors (Lipinski definition) is 1. The number of nitrogens with two attached hydrogens (primary N) is 1. The molecule has 4 atom stereocenters. The van der Waals surface area contributed by atoms with Crippen molar-refractivity contribution in [1.29, 1.82) is 0 Å². The Hall–Kier alpha value is -0.670. The van der Waals surface area contributed by atoms with E-state index in [1.54, 1.807) is 0 Å². The van der Waals surface area contributed by atoms with E-state index >= 15 is 0 Å². The Morgan fingerprint density at radius 1 is 1.30 bits per heavy atom. The lowest BCUT2D eigenvalue weighted by molar-refractivity contribution is 0.272. The molecule has 1 fully saturated rings. The van der Waals surface area contributed by atoms with E-state index in [0.717, 1.165) is 29.2 Å². The van der Waals surface area contributed by atoms with Crippen LogP contribution in [0.4, 0.5) is 0 Å². The fourth-order valence-corrected chi connectivity index (χ4v) is 5.39. The number of hydrogen-bond acceptors (Lipinski definition) is 2. The maximum atomic E-state index is 13.0. The smallest absolute Gasteiger partial charge is 0.0566 e. The van der Waals surface area contributed by atoms with Crippen LogP contribution in [0, 0.1) is 18.8 Å². The van der Waals surface area contributed by atoms with Crippen molar-refractivity contribution in [2.24, 2.45) is 17.6 Å². The summed E-state index contributed by atoms with van der Waals surface area (Å²) in [5.41, 5.74) is 7.07. The van der Waals surface area contributed by atoms with Gasteiger partial charge < -0.3 is 5.73 Å². The Labute approximate surface area is 125 Å². The minimum Gasteiger partial charge on any atom is -0.330 e. The van der Waals surface area contributed by atoms with Gasteiger partial charge in [0.15, 0.2) is 0 Å². The van der Waals surface area contributed by atoms with Crippen LogP contribution in [0.1, 0.15) is 44.6 Å². The van der Waals surface area contributed by atoms with Crippen molar-refractivity contribution in [2.45, 2.75) is 56.1 Å². The van der Waals surface area contributed by atoms with Crippen molar-refractivity contribution in [1.82, 2.24) is 0 Å². The Bertz CT molecular complexity index is 460. The van der Waals surface area contributed by atoms with Gasteiger partial charge in [0.25, 0.3) is 0 Å². The molecule has 2 rings (SSSR count). The fraction of sp³-hybridized carbons (Fsp3) is 0.647. The predicted molar refractivity (Wildman–Crippen MR) is 86.2 cm³/mol. The second kappa shape index (κ2) is 7.37.